The molecule has 0 atom stereocenters. The van der Waals surface area contributed by atoms with Crippen molar-refractivity contribution in [2.45, 2.75) is 13.3 Å². The normalized spacial score (nSPS) is 10.0. The summed E-state index contributed by atoms with van der Waals surface area (Å²) in [6, 6.07) is 6.88. The third kappa shape index (κ3) is 5.98. The minimum atomic E-state index is -0.237. The number of nitrogens with two attached hydrogens (primary N) is 1. The molecule has 104 valence electrons. The molecule has 0 spiro atoms. The molecule has 0 bridgehead atoms. The summed E-state index contributed by atoms with van der Waals surface area (Å²) in [7, 11) is 0. The average Bonchev–Trinajstić information content (AvgIpc) is 2.41. The van der Waals surface area contributed by atoms with Gasteiger partial charge < -0.3 is 21.1 Å². The summed E-state index contributed by atoms with van der Waals surface area (Å²) in [5.41, 5.74) is 6.59. The number of nitrogens with one attached hydrogen (secondary N) is 2. The summed E-state index contributed by atoms with van der Waals surface area (Å²) >= 11 is 0. The molecule has 2 amide bonds. The third-order valence-corrected chi connectivity index (χ3v) is 2.27. The van der Waals surface area contributed by atoms with Gasteiger partial charge in [-0.15, -0.1) is 0 Å². The molecule has 1 rings (SSSR count). The first kappa shape index (κ1) is 15.1. The number of amides is 2. The van der Waals surface area contributed by atoms with Gasteiger partial charge in [0.25, 0.3) is 0 Å². The maximum Gasteiger partial charge on any atom is 0.250 e. The number of anilines is 2. The Kier molecular flexibility index (Phi) is 6.56. The van der Waals surface area contributed by atoms with E-state index in [0.29, 0.717) is 30.9 Å². The summed E-state index contributed by atoms with van der Waals surface area (Å²) < 4.78 is 5.01. The predicted molar refractivity (Wildman–Crippen MR) is 73.9 cm³/mol. The summed E-state index contributed by atoms with van der Waals surface area (Å²) in [4.78, 5) is 22.6. The van der Waals surface area contributed by atoms with Crippen molar-refractivity contribution in [2.24, 2.45) is 5.73 Å². The molecule has 0 heterocycles. The maximum atomic E-state index is 11.4. The zero-order valence-corrected chi connectivity index (χ0v) is 10.9. The van der Waals surface area contributed by atoms with Crippen LogP contribution in [0.15, 0.2) is 24.3 Å². The predicted octanol–water partition coefficient (Wildman–Crippen LogP) is 0.949. The van der Waals surface area contributed by atoms with Crippen molar-refractivity contribution in [2.75, 3.05) is 30.4 Å². The fraction of sp³-hybridized carbons (Fsp3) is 0.385. The Morgan fingerprint density at radius 1 is 1.11 bits per heavy atom. The van der Waals surface area contributed by atoms with E-state index in [2.05, 4.69) is 10.6 Å². The lowest BCUT2D eigenvalue weighted by molar-refractivity contribution is -0.120. The number of benzene rings is 1. The molecular formula is C13H19N3O3. The molecule has 0 aliphatic heterocycles. The monoisotopic (exact) mass is 265 g/mol. The lowest BCUT2D eigenvalue weighted by Crippen LogP contribution is -2.20. The first-order valence-corrected chi connectivity index (χ1v) is 6.13. The van der Waals surface area contributed by atoms with Gasteiger partial charge in [0.1, 0.15) is 6.61 Å². The fourth-order valence-electron chi connectivity index (χ4n) is 1.33. The molecule has 0 aliphatic rings. The van der Waals surface area contributed by atoms with Gasteiger partial charge in [0.15, 0.2) is 0 Å². The lowest BCUT2D eigenvalue weighted by Gasteiger charge is -2.07. The van der Waals surface area contributed by atoms with E-state index in [0.717, 1.165) is 0 Å². The Labute approximate surface area is 112 Å². The first-order chi connectivity index (χ1) is 9.15. The van der Waals surface area contributed by atoms with Crippen LogP contribution in [-0.4, -0.2) is 31.6 Å². The maximum absolute atomic E-state index is 11.4. The molecule has 0 aromatic heterocycles. The lowest BCUT2D eigenvalue weighted by atomic mass is 10.2. The molecule has 0 saturated heterocycles. The number of rotatable bonds is 7. The van der Waals surface area contributed by atoms with Crippen molar-refractivity contribution in [1.29, 1.82) is 0 Å². The van der Waals surface area contributed by atoms with Gasteiger partial charge in [0, 0.05) is 24.3 Å². The Balaban J connectivity index is 2.43. The van der Waals surface area contributed by atoms with Gasteiger partial charge in [0.05, 0.1) is 6.61 Å². The molecule has 19 heavy (non-hydrogen) atoms. The Morgan fingerprint density at radius 3 is 2.11 bits per heavy atom. The van der Waals surface area contributed by atoms with E-state index >= 15 is 0 Å². The van der Waals surface area contributed by atoms with Crippen LogP contribution >= 0.6 is 0 Å². The smallest absolute Gasteiger partial charge is 0.250 e. The fourth-order valence-corrected chi connectivity index (χ4v) is 1.33. The zero-order chi connectivity index (χ0) is 14.1. The highest BCUT2D eigenvalue weighted by Crippen LogP contribution is 2.13. The Hall–Kier alpha value is -1.92. The molecule has 1 aromatic carbocycles. The van der Waals surface area contributed by atoms with E-state index in [9.17, 15) is 9.59 Å². The summed E-state index contributed by atoms with van der Waals surface area (Å²) in [5, 5.41) is 5.40. The van der Waals surface area contributed by atoms with E-state index in [1.165, 1.54) is 0 Å². The highest BCUT2D eigenvalue weighted by Gasteiger charge is 2.03. The van der Waals surface area contributed by atoms with Crippen molar-refractivity contribution in [3.05, 3.63) is 24.3 Å². The van der Waals surface area contributed by atoms with Crippen molar-refractivity contribution < 1.29 is 14.3 Å². The van der Waals surface area contributed by atoms with Crippen LogP contribution in [0, 0.1) is 0 Å². The van der Waals surface area contributed by atoms with Gasteiger partial charge in [-0.1, -0.05) is 6.92 Å². The second-order valence-corrected chi connectivity index (χ2v) is 3.87. The van der Waals surface area contributed by atoms with Gasteiger partial charge in [-0.05, 0) is 24.3 Å². The second-order valence-electron chi connectivity index (χ2n) is 3.87. The molecule has 0 unspecified atom stereocenters. The first-order valence-electron chi connectivity index (χ1n) is 6.13. The van der Waals surface area contributed by atoms with Crippen LogP contribution in [0.5, 0.6) is 0 Å². The topological polar surface area (TPSA) is 93.5 Å². The number of hydrogen-bond acceptors (Lipinski definition) is 4. The SMILES string of the molecule is CCC(=O)Nc1ccc(NC(=O)COCCN)cc1. The Morgan fingerprint density at radius 2 is 1.63 bits per heavy atom. The van der Waals surface area contributed by atoms with Gasteiger partial charge in [-0.2, -0.15) is 0 Å². The molecule has 6 heteroatoms. The van der Waals surface area contributed by atoms with E-state index in [1.807, 2.05) is 0 Å². The molecule has 6 nitrogen and oxygen atoms in total. The van der Waals surface area contributed by atoms with Gasteiger partial charge >= 0.3 is 0 Å². The summed E-state index contributed by atoms with van der Waals surface area (Å²) in [5.74, 6) is -0.286. The van der Waals surface area contributed by atoms with Crippen molar-refractivity contribution >= 4 is 23.2 Å². The average molecular weight is 265 g/mol. The van der Waals surface area contributed by atoms with Crippen LogP contribution in [0.25, 0.3) is 0 Å². The minimum Gasteiger partial charge on any atom is -0.370 e. The number of carbonyl (C=O) groups excluding carboxylic acids is 2. The zero-order valence-electron chi connectivity index (χ0n) is 10.9. The summed E-state index contributed by atoms with van der Waals surface area (Å²) in [6.45, 7) is 2.51. The highest BCUT2D eigenvalue weighted by molar-refractivity contribution is 5.93. The van der Waals surface area contributed by atoms with Crippen molar-refractivity contribution in [3.63, 3.8) is 0 Å². The van der Waals surface area contributed by atoms with Crippen molar-refractivity contribution in [1.82, 2.24) is 0 Å². The van der Waals surface area contributed by atoms with E-state index < -0.39 is 0 Å². The molecule has 0 aliphatic carbocycles. The van der Waals surface area contributed by atoms with Crippen molar-refractivity contribution in [3.8, 4) is 0 Å². The van der Waals surface area contributed by atoms with Crippen LogP contribution in [0.3, 0.4) is 0 Å². The van der Waals surface area contributed by atoms with Gasteiger partial charge in [-0.25, -0.2) is 0 Å². The minimum absolute atomic E-state index is 0.0223. The van der Waals surface area contributed by atoms with E-state index in [4.69, 9.17) is 10.5 Å². The van der Waals surface area contributed by atoms with Crippen LogP contribution in [-0.2, 0) is 14.3 Å². The standard InChI is InChI=1S/C13H19N3O3/c1-2-12(17)15-10-3-5-11(6-4-10)16-13(18)9-19-8-7-14/h3-6H,2,7-9,14H2,1H3,(H,15,17)(H,16,18). The van der Waals surface area contributed by atoms with Gasteiger partial charge in [-0.3, -0.25) is 9.59 Å². The van der Waals surface area contributed by atoms with Crippen LogP contribution in [0.1, 0.15) is 13.3 Å². The number of ether oxygens (including phenoxy) is 1. The molecular weight excluding hydrogens is 246 g/mol. The third-order valence-electron chi connectivity index (χ3n) is 2.27. The Bertz CT molecular complexity index is 418. The number of carbonyl (C=O) groups is 2. The van der Waals surface area contributed by atoms with Gasteiger partial charge in [0.2, 0.25) is 11.8 Å². The van der Waals surface area contributed by atoms with E-state index in [-0.39, 0.29) is 18.4 Å². The number of hydrogen-bond donors (Lipinski definition) is 3. The van der Waals surface area contributed by atoms with Crippen LogP contribution in [0.4, 0.5) is 11.4 Å². The summed E-state index contributed by atoms with van der Waals surface area (Å²) in [6.07, 6.45) is 0.428. The van der Waals surface area contributed by atoms with E-state index in [1.54, 1.807) is 31.2 Å². The molecule has 0 radical (unpaired) electrons. The molecule has 0 fully saturated rings. The molecule has 0 saturated carbocycles. The molecule has 4 N–H and O–H groups in total. The second kappa shape index (κ2) is 8.23. The van der Waals surface area contributed by atoms with Crippen LogP contribution < -0.4 is 16.4 Å². The largest absolute Gasteiger partial charge is 0.370 e. The van der Waals surface area contributed by atoms with Crippen LogP contribution in [0.2, 0.25) is 0 Å². The quantitative estimate of drug-likeness (QED) is 0.640. The molecule has 1 aromatic rings. The highest BCUT2D eigenvalue weighted by atomic mass is 16.5.